The van der Waals surface area contributed by atoms with E-state index in [1.54, 1.807) is 14.2 Å². The first-order chi connectivity index (χ1) is 17.4. The lowest BCUT2D eigenvalue weighted by molar-refractivity contribution is -0.160. The van der Waals surface area contributed by atoms with Crippen molar-refractivity contribution >= 4 is 5.91 Å². The fraction of sp³-hybridized carbons (Fsp3) is 0.357. The van der Waals surface area contributed by atoms with Gasteiger partial charge in [0.15, 0.2) is 5.76 Å². The number of allylic oxidation sites excluding steroid dienone is 1. The molecule has 1 aromatic heterocycles. The van der Waals surface area contributed by atoms with Gasteiger partial charge in [0.05, 0.1) is 26.2 Å². The third-order valence-corrected chi connectivity index (χ3v) is 6.86. The summed E-state index contributed by atoms with van der Waals surface area (Å²) in [5.74, 6) is 2.58. The number of hydrogen-bond acceptors (Lipinski definition) is 7. The molecule has 0 spiro atoms. The topological polar surface area (TPSA) is 88.3 Å². The quantitative estimate of drug-likeness (QED) is 0.262. The molecule has 2 aromatic carbocycles. The number of ether oxygens (including phenoxy) is 2. The van der Waals surface area contributed by atoms with E-state index in [1.165, 1.54) is 7.05 Å². The number of piperidine rings is 1. The van der Waals surface area contributed by atoms with Crippen molar-refractivity contribution in [3.8, 4) is 34.1 Å². The number of carbonyl (C=O) groups excluding carboxylic acids is 1. The van der Waals surface area contributed by atoms with Gasteiger partial charge in [-0.3, -0.25) is 14.9 Å². The standard InChI is InChI=1S/C28H33N3O5/c1-5-14-28(15-17-31(18-16-28)19-24(32)30(2)33)27-29-25(20-6-10-22(34-3)11-7-20)26(36-27)21-8-12-23(35-4)13-9-21/h5-13,33H,1,14-19H2,2-4H3. The lowest BCUT2D eigenvalue weighted by atomic mass is 9.75. The molecule has 36 heavy (non-hydrogen) atoms. The maximum absolute atomic E-state index is 12.0. The Hall–Kier alpha value is -3.62. The average Bonchev–Trinajstić information content (AvgIpc) is 3.36. The molecule has 1 amide bonds. The Bertz CT molecular complexity index is 1110. The van der Waals surface area contributed by atoms with Crippen LogP contribution in [-0.2, 0) is 10.2 Å². The molecule has 8 nitrogen and oxygen atoms in total. The van der Waals surface area contributed by atoms with E-state index in [-0.39, 0.29) is 17.9 Å². The van der Waals surface area contributed by atoms with Crippen molar-refractivity contribution in [2.75, 3.05) is 40.9 Å². The number of rotatable bonds is 9. The molecule has 1 saturated heterocycles. The second-order valence-corrected chi connectivity index (χ2v) is 9.12. The number of benzene rings is 2. The van der Waals surface area contributed by atoms with Crippen LogP contribution in [0, 0.1) is 0 Å². The zero-order chi connectivity index (χ0) is 25.7. The SMILES string of the molecule is C=CCC1(c2nc(-c3ccc(OC)cc3)c(-c3ccc(OC)cc3)o2)CCN(CC(=O)N(C)O)CC1. The van der Waals surface area contributed by atoms with Crippen LogP contribution in [-0.4, -0.2) is 67.0 Å². The fourth-order valence-electron chi connectivity index (χ4n) is 4.64. The highest BCUT2D eigenvalue weighted by molar-refractivity contribution is 5.78. The van der Waals surface area contributed by atoms with Crippen molar-refractivity contribution < 1.29 is 23.9 Å². The molecule has 0 unspecified atom stereocenters. The molecule has 0 atom stereocenters. The Morgan fingerprint density at radius 1 is 1.08 bits per heavy atom. The number of likely N-dealkylation sites (N-methyl/N-ethyl adjacent to an activating group) is 1. The van der Waals surface area contributed by atoms with E-state index in [2.05, 4.69) is 6.58 Å². The second-order valence-electron chi connectivity index (χ2n) is 9.12. The van der Waals surface area contributed by atoms with Crippen molar-refractivity contribution in [1.29, 1.82) is 0 Å². The summed E-state index contributed by atoms with van der Waals surface area (Å²) in [6, 6.07) is 15.5. The molecule has 190 valence electrons. The minimum atomic E-state index is -0.335. The molecule has 1 N–H and O–H groups in total. The summed E-state index contributed by atoms with van der Waals surface area (Å²) < 4.78 is 17.2. The van der Waals surface area contributed by atoms with Crippen LogP contribution in [0.15, 0.2) is 65.6 Å². The lowest BCUT2D eigenvalue weighted by Crippen LogP contribution is -2.46. The van der Waals surface area contributed by atoms with Crippen LogP contribution in [0.3, 0.4) is 0 Å². The smallest absolute Gasteiger partial charge is 0.259 e. The number of hydroxylamine groups is 2. The first kappa shape index (κ1) is 25.5. The predicted molar refractivity (Wildman–Crippen MR) is 137 cm³/mol. The van der Waals surface area contributed by atoms with Crippen LogP contribution in [0.5, 0.6) is 11.5 Å². The van der Waals surface area contributed by atoms with Crippen LogP contribution in [0.25, 0.3) is 22.6 Å². The first-order valence-corrected chi connectivity index (χ1v) is 12.0. The van der Waals surface area contributed by atoms with Gasteiger partial charge in [-0.1, -0.05) is 6.08 Å². The van der Waals surface area contributed by atoms with E-state index < -0.39 is 0 Å². The maximum Gasteiger partial charge on any atom is 0.259 e. The van der Waals surface area contributed by atoms with Gasteiger partial charge in [0, 0.05) is 18.2 Å². The largest absolute Gasteiger partial charge is 0.497 e. The number of hydrogen-bond donors (Lipinski definition) is 1. The van der Waals surface area contributed by atoms with E-state index in [9.17, 15) is 10.0 Å². The number of methoxy groups -OCH3 is 2. The Kier molecular flexibility index (Phi) is 7.76. The van der Waals surface area contributed by atoms with Gasteiger partial charge >= 0.3 is 0 Å². The average molecular weight is 492 g/mol. The monoisotopic (exact) mass is 491 g/mol. The second kappa shape index (κ2) is 11.0. The molecule has 0 radical (unpaired) electrons. The molecule has 1 fully saturated rings. The lowest BCUT2D eigenvalue weighted by Gasteiger charge is -2.39. The van der Waals surface area contributed by atoms with E-state index in [1.807, 2.05) is 59.5 Å². The first-order valence-electron chi connectivity index (χ1n) is 12.0. The van der Waals surface area contributed by atoms with E-state index >= 15 is 0 Å². The molecule has 1 aliphatic rings. The van der Waals surface area contributed by atoms with Crippen molar-refractivity contribution in [1.82, 2.24) is 14.9 Å². The number of oxazole rings is 1. The summed E-state index contributed by atoms with van der Waals surface area (Å²) in [5.41, 5.74) is 2.27. The number of carbonyl (C=O) groups is 1. The highest BCUT2D eigenvalue weighted by atomic mass is 16.5. The molecule has 4 rings (SSSR count). The zero-order valence-corrected chi connectivity index (χ0v) is 21.1. The summed E-state index contributed by atoms with van der Waals surface area (Å²) >= 11 is 0. The minimum absolute atomic E-state index is 0.178. The normalized spacial score (nSPS) is 15.3. The molecule has 0 bridgehead atoms. The molecule has 0 saturated carbocycles. The Morgan fingerprint density at radius 2 is 1.64 bits per heavy atom. The number of likely N-dealkylation sites (tertiary alicyclic amines) is 1. The number of aromatic nitrogens is 1. The van der Waals surface area contributed by atoms with Gasteiger partial charge in [0.1, 0.15) is 17.2 Å². The van der Waals surface area contributed by atoms with E-state index in [4.69, 9.17) is 18.9 Å². The minimum Gasteiger partial charge on any atom is -0.497 e. The fourth-order valence-corrected chi connectivity index (χ4v) is 4.64. The summed E-state index contributed by atoms with van der Waals surface area (Å²) in [6.07, 6.45) is 4.13. The molecular formula is C28H33N3O5. The molecule has 1 aliphatic heterocycles. The highest BCUT2D eigenvalue weighted by Gasteiger charge is 2.41. The molecule has 8 heteroatoms. The van der Waals surface area contributed by atoms with Gasteiger partial charge in [0.25, 0.3) is 5.91 Å². The summed E-state index contributed by atoms with van der Waals surface area (Å²) in [7, 11) is 4.63. The third-order valence-electron chi connectivity index (χ3n) is 6.86. The molecule has 3 aromatic rings. The van der Waals surface area contributed by atoms with Crippen molar-refractivity contribution in [3.05, 3.63) is 67.1 Å². The van der Waals surface area contributed by atoms with Gasteiger partial charge in [-0.05, 0) is 80.9 Å². The van der Waals surface area contributed by atoms with Crippen molar-refractivity contribution in [2.24, 2.45) is 0 Å². The Morgan fingerprint density at radius 3 is 2.14 bits per heavy atom. The van der Waals surface area contributed by atoms with Crippen LogP contribution in [0.4, 0.5) is 0 Å². The Balaban J connectivity index is 1.71. The predicted octanol–water partition coefficient (Wildman–Crippen LogP) is 4.78. The highest BCUT2D eigenvalue weighted by Crippen LogP contribution is 2.43. The van der Waals surface area contributed by atoms with Gasteiger partial charge < -0.3 is 13.9 Å². The van der Waals surface area contributed by atoms with E-state index in [0.29, 0.717) is 36.2 Å². The number of nitrogens with zero attached hydrogens (tertiary/aromatic N) is 3. The van der Waals surface area contributed by atoms with Gasteiger partial charge in [0.2, 0.25) is 5.89 Å². The molecule has 2 heterocycles. The van der Waals surface area contributed by atoms with Gasteiger partial charge in [-0.25, -0.2) is 10.0 Å². The molecular weight excluding hydrogens is 458 g/mol. The summed E-state index contributed by atoms with van der Waals surface area (Å²) in [5, 5.41) is 10.1. The third kappa shape index (κ3) is 5.29. The van der Waals surface area contributed by atoms with Crippen LogP contribution in [0.1, 0.15) is 25.2 Å². The molecule has 0 aliphatic carbocycles. The van der Waals surface area contributed by atoms with Crippen LogP contribution < -0.4 is 9.47 Å². The van der Waals surface area contributed by atoms with Gasteiger partial charge in [-0.2, -0.15) is 0 Å². The summed E-state index contributed by atoms with van der Waals surface area (Å²) in [6.45, 7) is 5.54. The zero-order valence-electron chi connectivity index (χ0n) is 21.1. The van der Waals surface area contributed by atoms with Crippen LogP contribution >= 0.6 is 0 Å². The maximum atomic E-state index is 12.0. The van der Waals surface area contributed by atoms with Crippen LogP contribution in [0.2, 0.25) is 0 Å². The van der Waals surface area contributed by atoms with Crippen molar-refractivity contribution in [2.45, 2.75) is 24.7 Å². The Labute approximate surface area is 211 Å². The summed E-state index contributed by atoms with van der Waals surface area (Å²) in [4.78, 5) is 19.1. The van der Waals surface area contributed by atoms with Crippen molar-refractivity contribution in [3.63, 3.8) is 0 Å². The van der Waals surface area contributed by atoms with E-state index in [0.717, 1.165) is 41.2 Å². The van der Waals surface area contributed by atoms with Gasteiger partial charge in [-0.15, -0.1) is 6.58 Å². The number of amides is 1.